The summed E-state index contributed by atoms with van der Waals surface area (Å²) in [6, 6.07) is 6.59. The lowest BCUT2D eigenvalue weighted by Crippen LogP contribution is -2.54. The molecule has 2 N–H and O–H groups in total. The smallest absolute Gasteiger partial charge is 0.186 e. The van der Waals surface area contributed by atoms with E-state index in [1.165, 1.54) is 24.1 Å². The van der Waals surface area contributed by atoms with Gasteiger partial charge < -0.3 is 5.32 Å². The lowest BCUT2D eigenvalue weighted by atomic mass is 9.47. The van der Waals surface area contributed by atoms with Gasteiger partial charge in [0.2, 0.25) is 0 Å². The minimum absolute atomic E-state index is 0.213. The minimum Gasteiger partial charge on any atom is -0.364 e. The summed E-state index contributed by atoms with van der Waals surface area (Å²) in [7, 11) is 1.77. The van der Waals surface area contributed by atoms with E-state index in [0.29, 0.717) is 16.9 Å². The summed E-state index contributed by atoms with van der Waals surface area (Å²) in [6.45, 7) is 4.62. The van der Waals surface area contributed by atoms with Gasteiger partial charge in [-0.05, 0) is 65.7 Å². The molecule has 1 aromatic rings. The van der Waals surface area contributed by atoms with Crippen LogP contribution in [0, 0.1) is 23.1 Å². The minimum atomic E-state index is -0.213. The number of benzene rings is 1. The van der Waals surface area contributed by atoms with Crippen LogP contribution in [0.5, 0.6) is 0 Å². The molecule has 1 aromatic carbocycles. The number of hydrazone groups is 1. The zero-order valence-electron chi connectivity index (χ0n) is 13.7. The Morgan fingerprint density at radius 1 is 1.35 bits per heavy atom. The van der Waals surface area contributed by atoms with E-state index in [0.717, 1.165) is 17.7 Å². The van der Waals surface area contributed by atoms with Crippen LogP contribution in [0.25, 0.3) is 6.08 Å². The van der Waals surface area contributed by atoms with Crippen molar-refractivity contribution in [2.75, 3.05) is 7.05 Å². The second kappa shape index (κ2) is 6.04. The molecular formula is C18H22FN3S. The van der Waals surface area contributed by atoms with E-state index in [4.69, 9.17) is 12.2 Å². The monoisotopic (exact) mass is 331 g/mol. The highest BCUT2D eigenvalue weighted by molar-refractivity contribution is 7.80. The molecule has 122 valence electrons. The Balaban J connectivity index is 1.91. The summed E-state index contributed by atoms with van der Waals surface area (Å²) >= 11 is 5.12. The van der Waals surface area contributed by atoms with Gasteiger partial charge in [-0.25, -0.2) is 4.39 Å². The Morgan fingerprint density at radius 3 is 2.65 bits per heavy atom. The van der Waals surface area contributed by atoms with Crippen molar-refractivity contribution in [3.63, 3.8) is 0 Å². The van der Waals surface area contributed by atoms with Gasteiger partial charge in [0.05, 0.1) is 5.71 Å². The largest absolute Gasteiger partial charge is 0.364 e. The average Bonchev–Trinajstić information content (AvgIpc) is 2.54. The van der Waals surface area contributed by atoms with E-state index in [2.05, 4.69) is 35.8 Å². The molecule has 3 aliphatic rings. The first-order valence-corrected chi connectivity index (χ1v) is 8.34. The summed E-state index contributed by atoms with van der Waals surface area (Å²) in [5.41, 5.74) is 6.52. The standard InChI is InChI=1S/C18H22FN3S/c1-18(2)13-9-12(8-11-4-6-14(19)7-5-11)16(15(18)10-13)21-22-17(23)20-3/h4-8,13,15H,9-10H2,1-3H3,(H2,20,22,23)/b12-8+,21-16+. The Hall–Kier alpha value is -1.75. The van der Waals surface area contributed by atoms with E-state index in [1.807, 2.05) is 0 Å². The van der Waals surface area contributed by atoms with Crippen molar-refractivity contribution in [2.24, 2.45) is 22.4 Å². The van der Waals surface area contributed by atoms with E-state index in [-0.39, 0.29) is 11.2 Å². The Labute approximate surface area is 142 Å². The second-order valence-electron chi connectivity index (χ2n) is 6.92. The Bertz CT molecular complexity index is 676. The molecule has 0 heterocycles. The molecular weight excluding hydrogens is 309 g/mol. The summed E-state index contributed by atoms with van der Waals surface area (Å²) in [4.78, 5) is 0. The van der Waals surface area contributed by atoms with Crippen LogP contribution in [-0.2, 0) is 0 Å². The number of nitrogens with zero attached hydrogens (tertiary/aromatic N) is 1. The van der Waals surface area contributed by atoms with Gasteiger partial charge in [0, 0.05) is 13.0 Å². The van der Waals surface area contributed by atoms with Crippen molar-refractivity contribution in [3.8, 4) is 0 Å². The first kappa shape index (κ1) is 16.1. The number of fused-ring (bicyclic) bond motifs is 2. The maximum absolute atomic E-state index is 13.1. The van der Waals surface area contributed by atoms with E-state index < -0.39 is 0 Å². The van der Waals surface area contributed by atoms with Crippen molar-refractivity contribution in [3.05, 3.63) is 41.2 Å². The van der Waals surface area contributed by atoms with Gasteiger partial charge in [0.15, 0.2) is 5.11 Å². The van der Waals surface area contributed by atoms with E-state index in [1.54, 1.807) is 19.2 Å². The van der Waals surface area contributed by atoms with Crippen LogP contribution in [-0.4, -0.2) is 17.9 Å². The molecule has 0 saturated heterocycles. The molecule has 5 heteroatoms. The molecule has 3 fully saturated rings. The summed E-state index contributed by atoms with van der Waals surface area (Å²) in [5, 5.41) is 7.97. The van der Waals surface area contributed by atoms with Gasteiger partial charge in [-0.1, -0.05) is 26.0 Å². The van der Waals surface area contributed by atoms with Gasteiger partial charge in [-0.3, -0.25) is 5.43 Å². The van der Waals surface area contributed by atoms with Crippen LogP contribution in [0.1, 0.15) is 32.3 Å². The fraction of sp³-hybridized carbons (Fsp3) is 0.444. The van der Waals surface area contributed by atoms with Gasteiger partial charge in [-0.15, -0.1) is 0 Å². The normalized spacial score (nSPS) is 28.3. The molecule has 3 saturated carbocycles. The fourth-order valence-corrected chi connectivity index (χ4v) is 3.68. The van der Waals surface area contributed by atoms with E-state index >= 15 is 0 Å². The van der Waals surface area contributed by atoms with Crippen molar-refractivity contribution in [1.82, 2.24) is 10.7 Å². The number of thiocarbonyl (C=S) groups is 1. The van der Waals surface area contributed by atoms with Gasteiger partial charge >= 0.3 is 0 Å². The number of nitrogens with one attached hydrogen (secondary N) is 2. The lowest BCUT2D eigenvalue weighted by molar-refractivity contribution is 0.0141. The zero-order chi connectivity index (χ0) is 16.6. The quantitative estimate of drug-likeness (QED) is 0.640. The number of allylic oxidation sites excluding steroid dienone is 1. The third kappa shape index (κ3) is 3.02. The van der Waals surface area contributed by atoms with Crippen LogP contribution < -0.4 is 10.7 Å². The number of hydrogen-bond donors (Lipinski definition) is 2. The first-order chi connectivity index (χ1) is 10.9. The summed E-state index contributed by atoms with van der Waals surface area (Å²) in [5.74, 6) is 0.921. The molecule has 2 unspecified atom stereocenters. The summed E-state index contributed by atoms with van der Waals surface area (Å²) < 4.78 is 13.1. The maximum Gasteiger partial charge on any atom is 0.186 e. The Kier molecular flexibility index (Phi) is 4.23. The molecule has 2 bridgehead atoms. The van der Waals surface area contributed by atoms with Crippen LogP contribution in [0.4, 0.5) is 4.39 Å². The van der Waals surface area contributed by atoms with E-state index in [9.17, 15) is 4.39 Å². The van der Waals surface area contributed by atoms with Crippen LogP contribution >= 0.6 is 12.2 Å². The SMILES string of the molecule is CNC(=S)N/N=C1\C(=C\c2ccc(F)cc2)CC2CC1C2(C)C. The van der Waals surface area contributed by atoms with Crippen molar-refractivity contribution in [1.29, 1.82) is 0 Å². The van der Waals surface area contributed by atoms with Crippen molar-refractivity contribution in [2.45, 2.75) is 26.7 Å². The fourth-order valence-electron chi connectivity index (χ4n) is 3.63. The highest BCUT2D eigenvalue weighted by Gasteiger charge is 2.54. The predicted octanol–water partition coefficient (Wildman–Crippen LogP) is 3.73. The molecule has 3 aliphatic carbocycles. The Morgan fingerprint density at radius 2 is 2.04 bits per heavy atom. The molecule has 0 amide bonds. The van der Waals surface area contributed by atoms with Gasteiger partial charge in [-0.2, -0.15) is 5.10 Å². The van der Waals surface area contributed by atoms with Crippen LogP contribution in [0.3, 0.4) is 0 Å². The molecule has 2 atom stereocenters. The highest BCUT2D eigenvalue weighted by atomic mass is 32.1. The van der Waals surface area contributed by atoms with Gasteiger partial charge in [0.1, 0.15) is 5.82 Å². The average molecular weight is 331 g/mol. The van der Waals surface area contributed by atoms with Crippen LogP contribution in [0.2, 0.25) is 0 Å². The summed E-state index contributed by atoms with van der Waals surface area (Å²) in [6.07, 6.45) is 4.31. The topological polar surface area (TPSA) is 36.4 Å². The third-order valence-corrected chi connectivity index (χ3v) is 5.61. The first-order valence-electron chi connectivity index (χ1n) is 7.93. The number of hydrogen-bond acceptors (Lipinski definition) is 2. The maximum atomic E-state index is 13.1. The molecule has 0 aliphatic heterocycles. The number of rotatable bonds is 2. The molecule has 4 rings (SSSR count). The lowest BCUT2D eigenvalue weighted by Gasteiger charge is -2.57. The van der Waals surface area contributed by atoms with Crippen molar-refractivity contribution < 1.29 is 4.39 Å². The molecule has 23 heavy (non-hydrogen) atoms. The van der Waals surface area contributed by atoms with Crippen LogP contribution in [0.15, 0.2) is 34.9 Å². The molecule has 0 aromatic heterocycles. The second-order valence-corrected chi connectivity index (χ2v) is 7.33. The zero-order valence-corrected chi connectivity index (χ0v) is 14.5. The van der Waals surface area contributed by atoms with Crippen molar-refractivity contribution >= 4 is 29.1 Å². The number of halogens is 1. The molecule has 3 nitrogen and oxygen atoms in total. The van der Waals surface area contributed by atoms with Gasteiger partial charge in [0.25, 0.3) is 0 Å². The third-order valence-electron chi connectivity index (χ3n) is 5.31. The highest BCUT2D eigenvalue weighted by Crippen LogP contribution is 2.59. The molecule has 0 radical (unpaired) electrons. The molecule has 0 spiro atoms. The predicted molar refractivity (Wildman–Crippen MR) is 96.6 cm³/mol.